The molecule has 57 heavy (non-hydrogen) atoms. The second-order valence-corrected chi connectivity index (χ2v) is 15.4. The van der Waals surface area contributed by atoms with Gasteiger partial charge in [0.25, 0.3) is 0 Å². The van der Waals surface area contributed by atoms with Gasteiger partial charge in [-0.3, -0.25) is 0 Å². The molecule has 0 fully saturated rings. The second kappa shape index (κ2) is 15.5. The van der Waals surface area contributed by atoms with Crippen LogP contribution in [0.3, 0.4) is 0 Å². The first kappa shape index (κ1) is 36.6. The Balaban J connectivity index is 0.00000422. The molecule has 0 saturated carbocycles. The number of fused-ring (bicyclic) bond motifs is 4. The summed E-state index contributed by atoms with van der Waals surface area (Å²) < 4.78 is 6.82. The standard InChI is InChI=1S/C51H37N4S.Pt/c1-35(2)53-34-54(48-26-12-11-25-47(48)53)39-19-13-20-40(32-39)56-41-27-28-45-44-21-9-10-24-46(44)55(49(45)33-41)50-31-38(29-30-52-50)51-42(36-15-5-3-6-16-36)22-14-23-43(51)37-17-7-4-8-18-37;/h3-31,34-35H,1-2H3;/q-1;. The molecule has 6 heteroatoms. The summed E-state index contributed by atoms with van der Waals surface area (Å²) >= 11 is 1.68. The Morgan fingerprint density at radius 3 is 1.91 bits per heavy atom. The minimum absolute atomic E-state index is 0. The van der Waals surface area contributed by atoms with Crippen molar-refractivity contribution < 1.29 is 21.1 Å². The number of imidazole rings is 1. The molecule has 0 saturated heterocycles. The predicted octanol–water partition coefficient (Wildman–Crippen LogP) is 13.5. The molecule has 0 amide bonds. The minimum Gasteiger partial charge on any atom is -0.319 e. The normalized spacial score (nSPS) is 11.4. The number of hydrogen-bond donors (Lipinski definition) is 0. The van der Waals surface area contributed by atoms with Crippen LogP contribution in [0.1, 0.15) is 19.9 Å². The average molecular weight is 933 g/mol. The van der Waals surface area contributed by atoms with Crippen molar-refractivity contribution >= 4 is 44.6 Å². The third-order valence-corrected chi connectivity index (χ3v) is 11.4. The van der Waals surface area contributed by atoms with Crippen LogP contribution in [0.5, 0.6) is 0 Å². The maximum atomic E-state index is 5.04. The van der Waals surface area contributed by atoms with E-state index in [2.05, 4.69) is 216 Å². The van der Waals surface area contributed by atoms with Gasteiger partial charge >= 0.3 is 0 Å². The summed E-state index contributed by atoms with van der Waals surface area (Å²) in [4.78, 5) is 7.08. The van der Waals surface area contributed by atoms with Gasteiger partial charge < -0.3 is 4.57 Å². The smallest absolute Gasteiger partial charge is 0.188 e. The van der Waals surface area contributed by atoms with E-state index in [1.807, 2.05) is 6.20 Å². The van der Waals surface area contributed by atoms with Gasteiger partial charge in [0.05, 0.1) is 6.04 Å². The summed E-state index contributed by atoms with van der Waals surface area (Å²) in [5, 5.41) is 2.31. The molecule has 0 spiro atoms. The fraction of sp³-hybridized carbons (Fsp3) is 0.0588. The summed E-state index contributed by atoms with van der Waals surface area (Å²) in [5.41, 5.74) is 12.5. The molecule has 3 aromatic heterocycles. The Morgan fingerprint density at radius 1 is 0.561 bits per heavy atom. The van der Waals surface area contributed by atoms with E-state index in [1.54, 1.807) is 11.8 Å². The first-order valence-electron chi connectivity index (χ1n) is 19.0. The van der Waals surface area contributed by atoms with E-state index in [-0.39, 0.29) is 21.1 Å². The van der Waals surface area contributed by atoms with Crippen LogP contribution in [0, 0.1) is 12.1 Å². The fourth-order valence-electron chi connectivity index (χ4n) is 7.94. The second-order valence-electron chi connectivity index (χ2n) is 14.3. The molecule has 0 aliphatic carbocycles. The summed E-state index contributed by atoms with van der Waals surface area (Å²) in [5.74, 6) is 0.848. The van der Waals surface area contributed by atoms with Crippen LogP contribution in [0.4, 0.5) is 0 Å². The average Bonchev–Trinajstić information content (AvgIpc) is 3.81. The van der Waals surface area contributed by atoms with Gasteiger partial charge in [-0.2, -0.15) is 24.3 Å². The monoisotopic (exact) mass is 932 g/mol. The maximum absolute atomic E-state index is 5.04. The molecule has 10 rings (SSSR count). The van der Waals surface area contributed by atoms with E-state index < -0.39 is 0 Å². The number of aromatic nitrogens is 4. The van der Waals surface area contributed by atoms with Crippen molar-refractivity contribution in [2.24, 2.45) is 0 Å². The number of rotatable bonds is 8. The van der Waals surface area contributed by atoms with Crippen molar-refractivity contribution in [2.75, 3.05) is 0 Å². The van der Waals surface area contributed by atoms with Crippen molar-refractivity contribution in [1.82, 2.24) is 18.7 Å². The predicted molar refractivity (Wildman–Crippen MR) is 233 cm³/mol. The topological polar surface area (TPSA) is 27.7 Å². The van der Waals surface area contributed by atoms with Crippen LogP contribution in [-0.2, 0) is 21.1 Å². The Bertz CT molecular complexity index is 2980. The zero-order valence-corrected chi connectivity index (χ0v) is 34.5. The van der Waals surface area contributed by atoms with E-state index in [9.17, 15) is 0 Å². The SMILES string of the molecule is CC(C)n1[cH+]n(-c2[c-]c(Sc3[c-]c4c(cc3)c3ccccc3n4-c3cc(-c4c(-c5ccccc5)cccc4-c4ccccc4)ccn3)ccc2)c2ccccc21.[Pt]. The van der Waals surface area contributed by atoms with E-state index in [4.69, 9.17) is 4.98 Å². The van der Waals surface area contributed by atoms with Crippen molar-refractivity contribution in [3.8, 4) is 44.9 Å². The van der Waals surface area contributed by atoms with Crippen LogP contribution in [-0.4, -0.2) is 18.7 Å². The fourth-order valence-corrected chi connectivity index (χ4v) is 8.76. The van der Waals surface area contributed by atoms with Gasteiger partial charge in [0.15, 0.2) is 17.4 Å². The zero-order chi connectivity index (χ0) is 37.6. The Labute approximate surface area is 351 Å². The van der Waals surface area contributed by atoms with Crippen molar-refractivity contribution in [1.29, 1.82) is 0 Å². The molecule has 278 valence electrons. The van der Waals surface area contributed by atoms with E-state index >= 15 is 0 Å². The van der Waals surface area contributed by atoms with Gasteiger partial charge in [-0.05, 0) is 82.9 Å². The van der Waals surface area contributed by atoms with Crippen molar-refractivity contribution in [2.45, 2.75) is 29.7 Å². The van der Waals surface area contributed by atoms with Gasteiger partial charge in [-0.15, -0.1) is 34.2 Å². The molecule has 0 bridgehead atoms. The number of hydrogen-bond acceptors (Lipinski definition) is 2. The quantitative estimate of drug-likeness (QED) is 0.142. The molecule has 10 aromatic rings. The van der Waals surface area contributed by atoms with Gasteiger partial charge in [0, 0.05) is 50.6 Å². The number of pyridine rings is 1. The van der Waals surface area contributed by atoms with Gasteiger partial charge in [-0.25, -0.2) is 14.1 Å². The first-order chi connectivity index (χ1) is 27.6. The maximum Gasteiger partial charge on any atom is 0.188 e. The first-order valence-corrected chi connectivity index (χ1v) is 19.8. The number of nitrogens with zero attached hydrogens (tertiary/aromatic N) is 4. The third kappa shape index (κ3) is 6.71. The Morgan fingerprint density at radius 2 is 1.19 bits per heavy atom. The van der Waals surface area contributed by atoms with E-state index in [0.29, 0.717) is 6.04 Å². The van der Waals surface area contributed by atoms with Crippen LogP contribution in [0.2, 0.25) is 0 Å². The zero-order valence-electron chi connectivity index (χ0n) is 31.4. The summed E-state index contributed by atoms with van der Waals surface area (Å²) in [6.07, 6.45) is 4.13. The van der Waals surface area contributed by atoms with Crippen molar-refractivity contribution in [3.05, 3.63) is 195 Å². The molecule has 0 unspecified atom stereocenters. The molecule has 7 aromatic carbocycles. The van der Waals surface area contributed by atoms with Crippen molar-refractivity contribution in [3.63, 3.8) is 0 Å². The third-order valence-electron chi connectivity index (χ3n) is 10.5. The summed E-state index contributed by atoms with van der Waals surface area (Å²) in [6.45, 7) is 4.44. The van der Waals surface area contributed by atoms with E-state index in [1.165, 1.54) is 38.7 Å². The Hall–Kier alpha value is -6.00. The molecule has 0 aliphatic heterocycles. The number of benzene rings is 7. The molecular weight excluding hydrogens is 896 g/mol. The van der Waals surface area contributed by atoms with Gasteiger partial charge in [0.2, 0.25) is 0 Å². The van der Waals surface area contributed by atoms with Crippen LogP contribution in [0.15, 0.2) is 192 Å². The molecule has 3 heterocycles. The molecular formula is C51H37N4PtS-. The minimum atomic E-state index is 0. The molecule has 4 nitrogen and oxygen atoms in total. The largest absolute Gasteiger partial charge is 0.319 e. The Kier molecular flexibility index (Phi) is 9.96. The summed E-state index contributed by atoms with van der Waals surface area (Å²) in [6, 6.07) is 68.1. The molecule has 0 atom stereocenters. The van der Waals surface area contributed by atoms with E-state index in [0.717, 1.165) is 48.8 Å². The molecule has 0 N–H and O–H groups in total. The van der Waals surface area contributed by atoms with Gasteiger partial charge in [0.1, 0.15) is 5.82 Å². The van der Waals surface area contributed by atoms with Gasteiger partial charge in [-0.1, -0.05) is 114 Å². The van der Waals surface area contributed by atoms with Crippen LogP contribution >= 0.6 is 11.8 Å². The molecule has 0 radical (unpaired) electrons. The van der Waals surface area contributed by atoms with Crippen LogP contribution in [0.25, 0.3) is 77.7 Å². The number of para-hydroxylation sites is 3. The van der Waals surface area contributed by atoms with Crippen LogP contribution < -0.4 is 0 Å². The summed E-state index contributed by atoms with van der Waals surface area (Å²) in [7, 11) is 0. The molecule has 0 aliphatic rings.